The smallest absolute Gasteiger partial charge is 0.310 e. The van der Waals surface area contributed by atoms with Crippen molar-refractivity contribution in [3.8, 4) is 0 Å². The van der Waals surface area contributed by atoms with Crippen LogP contribution >= 0.6 is 0 Å². The van der Waals surface area contributed by atoms with Crippen LogP contribution in [-0.4, -0.2) is 6.54 Å². The standard InChI is InChI=1S/C17H26F3N/c1-3-5-6-7-11-16(21-12-4-2)14-9-8-10-15(13-14)17(18,19)20/h8-10,13,16,21H,3-7,11-12H2,1-2H3. The topological polar surface area (TPSA) is 12.0 Å². The highest BCUT2D eigenvalue weighted by Gasteiger charge is 2.30. The molecule has 0 amide bonds. The van der Waals surface area contributed by atoms with Crippen LogP contribution in [0.3, 0.4) is 0 Å². The van der Waals surface area contributed by atoms with E-state index in [1.54, 1.807) is 6.07 Å². The van der Waals surface area contributed by atoms with E-state index in [1.807, 2.05) is 0 Å². The molecule has 0 spiro atoms. The lowest BCUT2D eigenvalue weighted by molar-refractivity contribution is -0.137. The van der Waals surface area contributed by atoms with Crippen molar-refractivity contribution in [3.63, 3.8) is 0 Å². The minimum Gasteiger partial charge on any atom is -0.310 e. The minimum atomic E-state index is -4.27. The Labute approximate surface area is 125 Å². The van der Waals surface area contributed by atoms with Crippen molar-refractivity contribution in [3.05, 3.63) is 35.4 Å². The first-order chi connectivity index (χ1) is 9.99. The molecule has 1 N–H and O–H groups in total. The molecule has 0 heterocycles. The number of hydrogen-bond acceptors (Lipinski definition) is 1. The maximum Gasteiger partial charge on any atom is 0.416 e. The van der Waals surface area contributed by atoms with E-state index in [0.29, 0.717) is 0 Å². The fourth-order valence-corrected chi connectivity index (χ4v) is 2.41. The Morgan fingerprint density at radius 3 is 2.43 bits per heavy atom. The highest BCUT2D eigenvalue weighted by Crippen LogP contribution is 2.31. The highest BCUT2D eigenvalue weighted by atomic mass is 19.4. The summed E-state index contributed by atoms with van der Waals surface area (Å²) in [4.78, 5) is 0. The van der Waals surface area contributed by atoms with Gasteiger partial charge in [0.25, 0.3) is 0 Å². The molecule has 0 radical (unpaired) electrons. The van der Waals surface area contributed by atoms with Gasteiger partial charge in [0.1, 0.15) is 0 Å². The number of alkyl halides is 3. The number of halogens is 3. The van der Waals surface area contributed by atoms with Gasteiger partial charge in [-0.15, -0.1) is 0 Å². The van der Waals surface area contributed by atoms with Crippen LogP contribution in [0.1, 0.15) is 69.5 Å². The van der Waals surface area contributed by atoms with E-state index >= 15 is 0 Å². The third kappa shape index (κ3) is 6.51. The highest BCUT2D eigenvalue weighted by molar-refractivity contribution is 5.28. The predicted octanol–water partition coefficient (Wildman–Crippen LogP) is 5.72. The Morgan fingerprint density at radius 2 is 1.81 bits per heavy atom. The summed E-state index contributed by atoms with van der Waals surface area (Å²) in [6, 6.07) is 5.74. The summed E-state index contributed by atoms with van der Waals surface area (Å²) in [5, 5.41) is 3.37. The SMILES string of the molecule is CCCCCCC(NCCC)c1cccc(C(F)(F)F)c1. The van der Waals surface area contributed by atoms with Gasteiger partial charge in [-0.25, -0.2) is 0 Å². The molecule has 1 nitrogen and oxygen atoms in total. The molecule has 0 fully saturated rings. The molecule has 0 saturated carbocycles. The van der Waals surface area contributed by atoms with E-state index < -0.39 is 11.7 Å². The van der Waals surface area contributed by atoms with E-state index in [9.17, 15) is 13.2 Å². The van der Waals surface area contributed by atoms with Gasteiger partial charge in [-0.3, -0.25) is 0 Å². The van der Waals surface area contributed by atoms with Crippen LogP contribution < -0.4 is 5.32 Å². The summed E-state index contributed by atoms with van der Waals surface area (Å²) in [5.74, 6) is 0. The second-order valence-electron chi connectivity index (χ2n) is 5.48. The van der Waals surface area contributed by atoms with Gasteiger partial charge in [0.05, 0.1) is 5.56 Å². The first kappa shape index (κ1) is 18.0. The van der Waals surface area contributed by atoms with Gasteiger partial charge in [-0.1, -0.05) is 51.7 Å². The van der Waals surface area contributed by atoms with Crippen molar-refractivity contribution in [2.75, 3.05) is 6.54 Å². The van der Waals surface area contributed by atoms with Gasteiger partial charge in [-0.05, 0) is 37.1 Å². The monoisotopic (exact) mass is 301 g/mol. The molecule has 4 heteroatoms. The lowest BCUT2D eigenvalue weighted by atomic mass is 9.98. The Balaban J connectivity index is 2.76. The third-order valence-electron chi connectivity index (χ3n) is 3.60. The molecule has 120 valence electrons. The van der Waals surface area contributed by atoms with E-state index in [2.05, 4.69) is 19.2 Å². The lowest BCUT2D eigenvalue weighted by Crippen LogP contribution is -2.22. The van der Waals surface area contributed by atoms with Crippen molar-refractivity contribution in [1.29, 1.82) is 0 Å². The van der Waals surface area contributed by atoms with Crippen molar-refractivity contribution in [1.82, 2.24) is 5.32 Å². The first-order valence-corrected chi connectivity index (χ1v) is 7.89. The van der Waals surface area contributed by atoms with Crippen molar-refractivity contribution in [2.24, 2.45) is 0 Å². The van der Waals surface area contributed by atoms with Crippen molar-refractivity contribution in [2.45, 2.75) is 64.6 Å². The molecule has 21 heavy (non-hydrogen) atoms. The van der Waals surface area contributed by atoms with E-state index in [-0.39, 0.29) is 6.04 Å². The summed E-state index contributed by atoms with van der Waals surface area (Å²) < 4.78 is 38.4. The molecule has 0 bridgehead atoms. The molecule has 0 aromatic heterocycles. The third-order valence-corrected chi connectivity index (χ3v) is 3.60. The molecule has 1 atom stereocenters. The van der Waals surface area contributed by atoms with Gasteiger partial charge in [0, 0.05) is 6.04 Å². The number of nitrogens with one attached hydrogen (secondary N) is 1. The Bertz CT molecular complexity index is 401. The van der Waals surface area contributed by atoms with Crippen molar-refractivity contribution < 1.29 is 13.2 Å². The van der Waals surface area contributed by atoms with E-state index in [0.717, 1.165) is 50.3 Å². The largest absolute Gasteiger partial charge is 0.416 e. The molecule has 1 aromatic rings. The van der Waals surface area contributed by atoms with Gasteiger partial charge in [0.15, 0.2) is 0 Å². The Hall–Kier alpha value is -1.03. The molecular weight excluding hydrogens is 275 g/mol. The van der Waals surface area contributed by atoms with E-state index in [1.165, 1.54) is 18.6 Å². The average molecular weight is 301 g/mol. The maximum absolute atomic E-state index is 12.8. The summed E-state index contributed by atoms with van der Waals surface area (Å²) in [6.45, 7) is 5.04. The fraction of sp³-hybridized carbons (Fsp3) is 0.647. The number of unbranched alkanes of at least 4 members (excludes halogenated alkanes) is 3. The van der Waals surface area contributed by atoms with Crippen LogP contribution in [-0.2, 0) is 6.18 Å². The van der Waals surface area contributed by atoms with Crippen LogP contribution in [0.25, 0.3) is 0 Å². The summed E-state index contributed by atoms with van der Waals surface area (Å²) in [6.07, 6.45) is 2.13. The zero-order valence-corrected chi connectivity index (χ0v) is 13.0. The maximum atomic E-state index is 12.8. The number of hydrogen-bond donors (Lipinski definition) is 1. The average Bonchev–Trinajstić information content (AvgIpc) is 2.46. The van der Waals surface area contributed by atoms with Crippen molar-refractivity contribution >= 4 is 0 Å². The van der Waals surface area contributed by atoms with Crippen LogP contribution in [0, 0.1) is 0 Å². The van der Waals surface area contributed by atoms with Gasteiger partial charge < -0.3 is 5.32 Å². The molecule has 1 aromatic carbocycles. The summed E-state index contributed by atoms with van der Waals surface area (Å²) in [5.41, 5.74) is 0.187. The van der Waals surface area contributed by atoms with Crippen LogP contribution in [0.15, 0.2) is 24.3 Å². The van der Waals surface area contributed by atoms with E-state index in [4.69, 9.17) is 0 Å². The fourth-order valence-electron chi connectivity index (χ4n) is 2.41. The first-order valence-electron chi connectivity index (χ1n) is 7.89. The normalized spacial score (nSPS) is 13.4. The Kier molecular flexibility index (Phi) is 7.79. The molecule has 0 aliphatic heterocycles. The van der Waals surface area contributed by atoms with Crippen LogP contribution in [0.5, 0.6) is 0 Å². The van der Waals surface area contributed by atoms with Crippen LogP contribution in [0.2, 0.25) is 0 Å². The molecule has 0 aliphatic carbocycles. The molecule has 1 rings (SSSR count). The predicted molar refractivity (Wildman–Crippen MR) is 81.2 cm³/mol. The molecule has 1 unspecified atom stereocenters. The molecular formula is C17H26F3N. The van der Waals surface area contributed by atoms with Crippen LogP contribution in [0.4, 0.5) is 13.2 Å². The molecule has 0 aliphatic rings. The minimum absolute atomic E-state index is 0.0177. The number of benzene rings is 1. The Morgan fingerprint density at radius 1 is 1.05 bits per heavy atom. The second kappa shape index (κ2) is 9.08. The number of rotatable bonds is 9. The molecule has 0 saturated heterocycles. The zero-order valence-electron chi connectivity index (χ0n) is 13.0. The van der Waals surface area contributed by atoms with Gasteiger partial charge in [0.2, 0.25) is 0 Å². The van der Waals surface area contributed by atoms with Gasteiger partial charge >= 0.3 is 6.18 Å². The quantitative estimate of drug-likeness (QED) is 0.575. The second-order valence-corrected chi connectivity index (χ2v) is 5.48. The zero-order chi connectivity index (χ0) is 15.7. The lowest BCUT2D eigenvalue weighted by Gasteiger charge is -2.20. The van der Waals surface area contributed by atoms with Gasteiger partial charge in [-0.2, -0.15) is 13.2 Å². The summed E-state index contributed by atoms with van der Waals surface area (Å²) >= 11 is 0. The summed E-state index contributed by atoms with van der Waals surface area (Å²) in [7, 11) is 0.